The van der Waals surface area contributed by atoms with Crippen LogP contribution in [0.25, 0.3) is 0 Å². The first kappa shape index (κ1) is 21.1. The van der Waals surface area contributed by atoms with Gasteiger partial charge >= 0.3 is 0 Å². The summed E-state index contributed by atoms with van der Waals surface area (Å²) in [6.07, 6.45) is 2.99. The molecule has 6 nitrogen and oxygen atoms in total. The lowest BCUT2D eigenvalue weighted by atomic mass is 9.95. The Morgan fingerprint density at radius 3 is 2.33 bits per heavy atom. The van der Waals surface area contributed by atoms with Gasteiger partial charge in [0.1, 0.15) is 11.5 Å². The van der Waals surface area contributed by atoms with E-state index in [2.05, 4.69) is 6.92 Å². The van der Waals surface area contributed by atoms with Crippen LogP contribution in [0.5, 0.6) is 11.5 Å². The van der Waals surface area contributed by atoms with Gasteiger partial charge in [-0.1, -0.05) is 13.3 Å². The zero-order chi connectivity index (χ0) is 19.8. The topological polar surface area (TPSA) is 59.1 Å². The van der Waals surface area contributed by atoms with Gasteiger partial charge in [0.05, 0.1) is 7.11 Å². The Balaban J connectivity index is 1.81. The molecule has 0 radical (unpaired) electrons. The molecular weight excluding hydrogens is 344 g/mol. The van der Waals surface area contributed by atoms with Gasteiger partial charge in [-0.3, -0.25) is 9.59 Å². The highest BCUT2D eigenvalue weighted by Gasteiger charge is 2.31. The third-order valence-electron chi connectivity index (χ3n) is 5.10. The fourth-order valence-electron chi connectivity index (χ4n) is 3.33. The van der Waals surface area contributed by atoms with Crippen molar-refractivity contribution < 1.29 is 19.1 Å². The Morgan fingerprint density at radius 2 is 1.78 bits per heavy atom. The fraction of sp³-hybridized carbons (Fsp3) is 0.619. The van der Waals surface area contributed by atoms with Gasteiger partial charge in [-0.2, -0.15) is 0 Å². The predicted molar refractivity (Wildman–Crippen MR) is 105 cm³/mol. The average Bonchev–Trinajstić information content (AvgIpc) is 2.71. The molecule has 150 valence electrons. The Hall–Kier alpha value is -2.24. The third-order valence-corrected chi connectivity index (χ3v) is 5.10. The van der Waals surface area contributed by atoms with E-state index in [1.807, 2.05) is 16.8 Å². The van der Waals surface area contributed by atoms with Gasteiger partial charge in [-0.05, 0) is 50.5 Å². The summed E-state index contributed by atoms with van der Waals surface area (Å²) < 4.78 is 10.9. The summed E-state index contributed by atoms with van der Waals surface area (Å²) in [6, 6.07) is 7.19. The van der Waals surface area contributed by atoms with Gasteiger partial charge in [0.2, 0.25) is 5.91 Å². The summed E-state index contributed by atoms with van der Waals surface area (Å²) in [5, 5.41) is 0. The molecule has 1 unspecified atom stereocenters. The smallest absolute Gasteiger partial charge is 0.263 e. The molecule has 1 atom stereocenters. The normalized spacial score (nSPS) is 15.9. The number of benzene rings is 1. The van der Waals surface area contributed by atoms with E-state index in [0.717, 1.165) is 38.0 Å². The summed E-state index contributed by atoms with van der Waals surface area (Å²) in [5.74, 6) is 1.58. The zero-order valence-corrected chi connectivity index (χ0v) is 16.9. The average molecular weight is 376 g/mol. The number of hydrogen-bond donors (Lipinski definition) is 0. The molecule has 0 aliphatic carbocycles. The molecule has 1 aliphatic rings. The van der Waals surface area contributed by atoms with Crippen LogP contribution in [-0.2, 0) is 9.59 Å². The maximum atomic E-state index is 12.7. The Morgan fingerprint density at radius 1 is 1.19 bits per heavy atom. The van der Waals surface area contributed by atoms with E-state index in [0.29, 0.717) is 18.8 Å². The van der Waals surface area contributed by atoms with Crippen molar-refractivity contribution in [2.75, 3.05) is 33.8 Å². The molecule has 1 heterocycles. The van der Waals surface area contributed by atoms with E-state index in [1.54, 1.807) is 38.3 Å². The standard InChI is InChI=1S/C21H32N2O4/c1-5-6-13-22(3)21(25)17-11-14-23(15-12-17)20(24)16(2)27-19-9-7-18(26-4)8-10-19/h7-10,16-17H,5-6,11-15H2,1-4H3. The quantitative estimate of drug-likeness (QED) is 0.700. The van der Waals surface area contributed by atoms with Gasteiger partial charge in [0, 0.05) is 32.6 Å². The molecule has 1 fully saturated rings. The molecule has 0 N–H and O–H groups in total. The number of methoxy groups -OCH3 is 1. The van der Waals surface area contributed by atoms with Crippen molar-refractivity contribution in [2.45, 2.75) is 45.6 Å². The number of rotatable bonds is 8. The van der Waals surface area contributed by atoms with Crippen molar-refractivity contribution in [1.29, 1.82) is 0 Å². The van der Waals surface area contributed by atoms with Crippen LogP contribution in [0.4, 0.5) is 0 Å². The summed E-state index contributed by atoms with van der Waals surface area (Å²) in [7, 11) is 3.48. The Bertz CT molecular complexity index is 609. The molecule has 0 aromatic heterocycles. The maximum Gasteiger partial charge on any atom is 0.263 e. The molecule has 0 spiro atoms. The summed E-state index contributed by atoms with van der Waals surface area (Å²) in [5.41, 5.74) is 0. The lowest BCUT2D eigenvalue weighted by Gasteiger charge is -2.34. The zero-order valence-electron chi connectivity index (χ0n) is 16.9. The number of carbonyl (C=O) groups excluding carboxylic acids is 2. The number of unbranched alkanes of at least 4 members (excludes halogenated alkanes) is 1. The van der Waals surface area contributed by atoms with Crippen LogP contribution >= 0.6 is 0 Å². The SMILES string of the molecule is CCCCN(C)C(=O)C1CCN(C(=O)C(C)Oc2ccc(OC)cc2)CC1. The van der Waals surface area contributed by atoms with Crippen molar-refractivity contribution in [3.8, 4) is 11.5 Å². The largest absolute Gasteiger partial charge is 0.497 e. The van der Waals surface area contributed by atoms with Crippen LogP contribution in [0.15, 0.2) is 24.3 Å². The van der Waals surface area contributed by atoms with E-state index < -0.39 is 6.10 Å². The molecular formula is C21H32N2O4. The van der Waals surface area contributed by atoms with Gasteiger partial charge in [-0.15, -0.1) is 0 Å². The maximum absolute atomic E-state index is 12.7. The van der Waals surface area contributed by atoms with E-state index in [1.165, 1.54) is 0 Å². The molecule has 2 rings (SSSR count). The minimum atomic E-state index is -0.558. The number of nitrogens with zero attached hydrogens (tertiary/aromatic N) is 2. The van der Waals surface area contributed by atoms with Crippen LogP contribution in [0.2, 0.25) is 0 Å². The molecule has 1 saturated heterocycles. The lowest BCUT2D eigenvalue weighted by Crippen LogP contribution is -2.47. The van der Waals surface area contributed by atoms with Gasteiger partial charge in [0.25, 0.3) is 5.91 Å². The van der Waals surface area contributed by atoms with E-state index in [4.69, 9.17) is 9.47 Å². The van der Waals surface area contributed by atoms with Gasteiger partial charge < -0.3 is 19.3 Å². The highest BCUT2D eigenvalue weighted by molar-refractivity contribution is 5.82. The molecule has 1 aliphatic heterocycles. The lowest BCUT2D eigenvalue weighted by molar-refractivity contribution is -0.143. The van der Waals surface area contributed by atoms with Gasteiger partial charge in [0.15, 0.2) is 6.10 Å². The molecule has 1 aromatic carbocycles. The third kappa shape index (κ3) is 5.88. The molecule has 0 saturated carbocycles. The number of ether oxygens (including phenoxy) is 2. The number of amides is 2. The molecule has 2 amide bonds. The summed E-state index contributed by atoms with van der Waals surface area (Å²) >= 11 is 0. The minimum absolute atomic E-state index is 0.0220. The summed E-state index contributed by atoms with van der Waals surface area (Å²) in [6.45, 7) is 5.90. The summed E-state index contributed by atoms with van der Waals surface area (Å²) in [4.78, 5) is 28.8. The first-order chi connectivity index (χ1) is 13.0. The van der Waals surface area contributed by atoms with Gasteiger partial charge in [-0.25, -0.2) is 0 Å². The first-order valence-corrected chi connectivity index (χ1v) is 9.80. The van der Waals surface area contributed by atoms with Crippen molar-refractivity contribution in [3.05, 3.63) is 24.3 Å². The molecule has 1 aromatic rings. The number of likely N-dealkylation sites (tertiary alicyclic amines) is 1. The van der Waals surface area contributed by atoms with E-state index in [-0.39, 0.29) is 17.7 Å². The minimum Gasteiger partial charge on any atom is -0.497 e. The van der Waals surface area contributed by atoms with Crippen molar-refractivity contribution in [2.24, 2.45) is 5.92 Å². The van der Waals surface area contributed by atoms with Crippen molar-refractivity contribution >= 4 is 11.8 Å². The second-order valence-corrected chi connectivity index (χ2v) is 7.15. The molecule has 27 heavy (non-hydrogen) atoms. The van der Waals surface area contributed by atoms with Crippen LogP contribution in [0.3, 0.4) is 0 Å². The van der Waals surface area contributed by atoms with Crippen LogP contribution in [-0.4, -0.2) is 61.5 Å². The Kier molecular flexibility index (Phi) is 7.95. The second-order valence-electron chi connectivity index (χ2n) is 7.15. The van der Waals surface area contributed by atoms with Crippen molar-refractivity contribution in [1.82, 2.24) is 9.80 Å². The predicted octanol–water partition coefficient (Wildman–Crippen LogP) is 2.96. The van der Waals surface area contributed by atoms with E-state index in [9.17, 15) is 9.59 Å². The fourth-order valence-corrected chi connectivity index (χ4v) is 3.33. The number of carbonyl (C=O) groups is 2. The highest BCUT2D eigenvalue weighted by atomic mass is 16.5. The highest BCUT2D eigenvalue weighted by Crippen LogP contribution is 2.22. The first-order valence-electron chi connectivity index (χ1n) is 9.80. The molecule has 6 heteroatoms. The number of piperidine rings is 1. The van der Waals surface area contributed by atoms with Crippen LogP contribution in [0.1, 0.15) is 39.5 Å². The van der Waals surface area contributed by atoms with Crippen molar-refractivity contribution in [3.63, 3.8) is 0 Å². The second kappa shape index (κ2) is 10.2. The van der Waals surface area contributed by atoms with Crippen LogP contribution in [0, 0.1) is 5.92 Å². The van der Waals surface area contributed by atoms with Crippen LogP contribution < -0.4 is 9.47 Å². The number of hydrogen-bond acceptors (Lipinski definition) is 4. The monoisotopic (exact) mass is 376 g/mol. The molecule has 0 bridgehead atoms. The van der Waals surface area contributed by atoms with E-state index >= 15 is 0 Å². The Labute approximate surface area is 162 Å².